The van der Waals surface area contributed by atoms with Crippen molar-refractivity contribution in [3.63, 3.8) is 0 Å². The van der Waals surface area contributed by atoms with E-state index in [1.54, 1.807) is 35.2 Å². The zero-order valence-corrected chi connectivity index (χ0v) is 22.2. The number of alkyl halides is 3. The highest BCUT2D eigenvalue weighted by molar-refractivity contribution is 5.87. The summed E-state index contributed by atoms with van der Waals surface area (Å²) in [6.45, 7) is -0.0394. The Morgan fingerprint density at radius 2 is 1.74 bits per heavy atom. The van der Waals surface area contributed by atoms with Gasteiger partial charge in [0.1, 0.15) is 5.82 Å². The second kappa shape index (κ2) is 10.5. The van der Waals surface area contributed by atoms with Crippen molar-refractivity contribution in [2.45, 2.75) is 37.1 Å². The zero-order chi connectivity index (χ0) is 29.6. The molecule has 5 aromatic rings. The molecule has 0 saturated carbocycles. The first kappa shape index (κ1) is 27.9. The number of nitro groups is 1. The maximum Gasteiger partial charge on any atom is 0.422 e. The fourth-order valence-electron chi connectivity index (χ4n) is 5.88. The van der Waals surface area contributed by atoms with Crippen LogP contribution in [0.2, 0.25) is 0 Å². The van der Waals surface area contributed by atoms with E-state index in [4.69, 9.17) is 4.52 Å². The molecule has 1 fully saturated rings. The number of nitrogens with zero attached hydrogens (tertiary/aromatic N) is 4. The average Bonchev–Trinajstić information content (AvgIpc) is 3.54. The molecule has 0 spiro atoms. The van der Waals surface area contributed by atoms with Crippen LogP contribution in [0.5, 0.6) is 0 Å². The summed E-state index contributed by atoms with van der Waals surface area (Å²) in [6.07, 6.45) is -2.85. The molecular formula is C30H26F4N4O4. The summed E-state index contributed by atoms with van der Waals surface area (Å²) in [5.74, 6) is -0.550. The number of aromatic nitrogens is 2. The number of β-amino-alcohol motifs (C(OH)–C–C–N with tert-alkyl or cyclic N) is 1. The van der Waals surface area contributed by atoms with Crippen LogP contribution in [0, 0.1) is 15.9 Å². The third-order valence-electron chi connectivity index (χ3n) is 8.08. The normalized spacial score (nSPS) is 16.7. The number of piperidine rings is 1. The van der Waals surface area contributed by atoms with Gasteiger partial charge in [-0.25, -0.2) is 4.39 Å². The van der Waals surface area contributed by atoms with Gasteiger partial charge in [0.15, 0.2) is 5.58 Å². The molecular weight excluding hydrogens is 556 g/mol. The van der Waals surface area contributed by atoms with E-state index in [9.17, 15) is 32.8 Å². The lowest BCUT2D eigenvalue weighted by molar-refractivity contribution is -0.384. The van der Waals surface area contributed by atoms with Crippen LogP contribution in [0.4, 0.5) is 23.2 Å². The molecule has 12 heteroatoms. The van der Waals surface area contributed by atoms with Gasteiger partial charge in [-0.05, 0) is 49.7 Å². The lowest BCUT2D eigenvalue weighted by atomic mass is 9.88. The highest BCUT2D eigenvalue weighted by Crippen LogP contribution is 2.45. The smallest absolute Gasteiger partial charge is 0.375 e. The molecule has 1 atom stereocenters. The predicted octanol–water partition coefficient (Wildman–Crippen LogP) is 6.51. The fourth-order valence-corrected chi connectivity index (χ4v) is 5.88. The van der Waals surface area contributed by atoms with Gasteiger partial charge in [-0.2, -0.15) is 13.2 Å². The molecule has 0 aliphatic carbocycles. The van der Waals surface area contributed by atoms with Crippen molar-refractivity contribution in [1.29, 1.82) is 0 Å². The quantitative estimate of drug-likeness (QED) is 0.134. The Hall–Kier alpha value is -4.29. The Balaban J connectivity index is 1.31. The Bertz CT molecular complexity index is 1760. The van der Waals surface area contributed by atoms with Gasteiger partial charge in [0.05, 0.1) is 16.1 Å². The number of fused-ring (bicyclic) bond motifs is 2. The van der Waals surface area contributed by atoms with Crippen molar-refractivity contribution in [3.8, 4) is 0 Å². The summed E-state index contributed by atoms with van der Waals surface area (Å²) >= 11 is 0. The first-order chi connectivity index (χ1) is 20.0. The van der Waals surface area contributed by atoms with Gasteiger partial charge in [0.2, 0.25) is 5.60 Å². The van der Waals surface area contributed by atoms with Gasteiger partial charge >= 0.3 is 6.18 Å². The molecule has 2 aromatic heterocycles. The van der Waals surface area contributed by atoms with E-state index in [-0.39, 0.29) is 47.7 Å². The second-order valence-corrected chi connectivity index (χ2v) is 10.7. The minimum atomic E-state index is -5.04. The van der Waals surface area contributed by atoms with E-state index in [1.807, 2.05) is 6.07 Å². The third kappa shape index (κ3) is 5.01. The molecule has 218 valence electrons. The topological polar surface area (TPSA) is 97.6 Å². The van der Waals surface area contributed by atoms with Crippen LogP contribution in [0.25, 0.3) is 21.9 Å². The summed E-state index contributed by atoms with van der Waals surface area (Å²) < 4.78 is 64.7. The highest BCUT2D eigenvalue weighted by atomic mass is 19.4. The standard InChI is InChI=1S/C30H26F4N4O4/c31-21-6-8-24-27(14-21)42-35-28(24)20-10-12-36(13-11-20)18-29(39,30(32,33)34)25-17-37(16-19-4-2-1-3-5-19)26-15-22(38(40)41)7-9-23(25)26/h1-9,14-15,17,20,39H,10-13,16,18H2. The van der Waals surface area contributed by atoms with E-state index in [1.165, 1.54) is 35.0 Å². The number of rotatable bonds is 7. The first-order valence-electron chi connectivity index (χ1n) is 13.4. The summed E-state index contributed by atoms with van der Waals surface area (Å²) in [7, 11) is 0. The van der Waals surface area contributed by atoms with E-state index in [0.29, 0.717) is 29.5 Å². The van der Waals surface area contributed by atoms with Crippen molar-refractivity contribution in [2.24, 2.45) is 0 Å². The molecule has 1 aliphatic heterocycles. The van der Waals surface area contributed by atoms with Gasteiger partial charge in [-0.3, -0.25) is 15.0 Å². The molecule has 3 heterocycles. The largest absolute Gasteiger partial charge is 0.422 e. The molecule has 1 N–H and O–H groups in total. The van der Waals surface area contributed by atoms with Crippen molar-refractivity contribution < 1.29 is 32.1 Å². The van der Waals surface area contributed by atoms with Crippen LogP contribution >= 0.6 is 0 Å². The summed E-state index contributed by atoms with van der Waals surface area (Å²) in [6, 6.07) is 16.8. The third-order valence-corrected chi connectivity index (χ3v) is 8.08. The second-order valence-electron chi connectivity index (χ2n) is 10.7. The van der Waals surface area contributed by atoms with E-state index in [2.05, 4.69) is 5.16 Å². The Morgan fingerprint density at radius 3 is 2.43 bits per heavy atom. The van der Waals surface area contributed by atoms with Crippen LogP contribution in [0.1, 0.15) is 35.6 Å². The molecule has 0 amide bonds. The average molecular weight is 583 g/mol. The molecule has 6 rings (SSSR count). The van der Waals surface area contributed by atoms with Crippen LogP contribution in [-0.4, -0.2) is 50.5 Å². The van der Waals surface area contributed by atoms with Crippen molar-refractivity contribution in [3.05, 3.63) is 106 Å². The van der Waals surface area contributed by atoms with E-state index < -0.39 is 29.1 Å². The van der Waals surface area contributed by atoms with Gasteiger partial charge < -0.3 is 14.2 Å². The fraction of sp³-hybridized carbons (Fsp3) is 0.300. The number of aliphatic hydroxyl groups is 1. The number of likely N-dealkylation sites (tertiary alicyclic amines) is 1. The van der Waals surface area contributed by atoms with Gasteiger partial charge in [0.25, 0.3) is 5.69 Å². The Labute approximate surface area is 236 Å². The number of non-ortho nitro benzene ring substituents is 1. The number of hydrogen-bond acceptors (Lipinski definition) is 6. The number of nitro benzene ring substituents is 1. The lowest BCUT2D eigenvalue weighted by Gasteiger charge is -2.38. The molecule has 42 heavy (non-hydrogen) atoms. The number of hydrogen-bond donors (Lipinski definition) is 1. The highest BCUT2D eigenvalue weighted by Gasteiger charge is 2.57. The van der Waals surface area contributed by atoms with E-state index >= 15 is 0 Å². The Kier molecular flexibility index (Phi) is 6.98. The van der Waals surface area contributed by atoms with Crippen LogP contribution in [-0.2, 0) is 12.1 Å². The summed E-state index contributed by atoms with van der Waals surface area (Å²) in [4.78, 5) is 12.4. The maximum absolute atomic E-state index is 14.8. The monoisotopic (exact) mass is 582 g/mol. The SMILES string of the molecule is O=[N+]([O-])c1ccc2c(C(O)(CN3CCC(c4noc5cc(F)ccc45)CC3)C(F)(F)F)cn(Cc3ccccc3)c2c1. The Morgan fingerprint density at radius 1 is 1.02 bits per heavy atom. The van der Waals surface area contributed by atoms with Crippen molar-refractivity contribution in [1.82, 2.24) is 14.6 Å². The van der Waals surface area contributed by atoms with Crippen LogP contribution in [0.15, 0.2) is 77.4 Å². The number of benzene rings is 3. The molecule has 1 aliphatic rings. The van der Waals surface area contributed by atoms with E-state index in [0.717, 1.165) is 11.6 Å². The molecule has 0 radical (unpaired) electrons. The zero-order valence-electron chi connectivity index (χ0n) is 22.2. The van der Waals surface area contributed by atoms with Crippen molar-refractivity contribution in [2.75, 3.05) is 19.6 Å². The minimum Gasteiger partial charge on any atom is -0.375 e. The molecule has 8 nitrogen and oxygen atoms in total. The van der Waals surface area contributed by atoms with Crippen molar-refractivity contribution >= 4 is 27.6 Å². The van der Waals surface area contributed by atoms with Gasteiger partial charge in [0, 0.05) is 59.7 Å². The van der Waals surface area contributed by atoms with Gasteiger partial charge in [-0.1, -0.05) is 35.5 Å². The number of halogens is 4. The lowest BCUT2D eigenvalue weighted by Crippen LogP contribution is -2.52. The maximum atomic E-state index is 14.8. The van der Waals surface area contributed by atoms with Crippen LogP contribution < -0.4 is 0 Å². The van der Waals surface area contributed by atoms with Gasteiger partial charge in [-0.15, -0.1) is 0 Å². The summed E-state index contributed by atoms with van der Waals surface area (Å²) in [5.41, 5.74) is -1.90. The minimum absolute atomic E-state index is 0.0903. The predicted molar refractivity (Wildman–Crippen MR) is 146 cm³/mol. The van der Waals surface area contributed by atoms with Crippen LogP contribution in [0.3, 0.4) is 0 Å². The molecule has 3 aromatic carbocycles. The molecule has 1 saturated heterocycles. The molecule has 1 unspecified atom stereocenters. The molecule has 0 bridgehead atoms. The summed E-state index contributed by atoms with van der Waals surface area (Å²) in [5, 5.41) is 27.8. The first-order valence-corrected chi connectivity index (χ1v) is 13.4.